The van der Waals surface area contributed by atoms with Crippen LogP contribution in [0.15, 0.2) is 88.1 Å². The average Bonchev–Trinajstić information content (AvgIpc) is 2.86. The first-order valence-corrected chi connectivity index (χ1v) is 11.1. The maximum atomic E-state index is 12.1. The molecule has 0 saturated heterocycles. The quantitative estimate of drug-likeness (QED) is 0.159. The summed E-state index contributed by atoms with van der Waals surface area (Å²) in [6.45, 7) is 0. The van der Waals surface area contributed by atoms with Crippen molar-refractivity contribution in [2.45, 2.75) is 0 Å². The molecule has 192 valence electrons. The van der Waals surface area contributed by atoms with Crippen LogP contribution in [0.3, 0.4) is 0 Å². The van der Waals surface area contributed by atoms with E-state index in [1.807, 2.05) is 6.08 Å². The predicted molar refractivity (Wildman–Crippen MR) is 141 cm³/mol. The van der Waals surface area contributed by atoms with Gasteiger partial charge in [-0.1, -0.05) is 24.3 Å². The maximum Gasteiger partial charge on any atom is 0.238 e. The fourth-order valence-corrected chi connectivity index (χ4v) is 3.58. The van der Waals surface area contributed by atoms with E-state index in [4.69, 9.17) is 9.52 Å². The lowest BCUT2D eigenvalue weighted by atomic mass is 10.1. The molecule has 0 amide bonds. The third kappa shape index (κ3) is 5.80. The van der Waals surface area contributed by atoms with Crippen molar-refractivity contribution in [2.75, 3.05) is 0 Å². The van der Waals surface area contributed by atoms with Crippen LogP contribution in [0.4, 0.5) is 0 Å². The van der Waals surface area contributed by atoms with E-state index < -0.39 is 16.9 Å². The van der Waals surface area contributed by atoms with Crippen LogP contribution >= 0.6 is 0 Å². The molecule has 0 atom stereocenters. The van der Waals surface area contributed by atoms with Crippen LogP contribution < -0.4 is 5.43 Å². The summed E-state index contributed by atoms with van der Waals surface area (Å²) in [5, 5.41) is 65.9. The molecule has 1 heterocycles. The van der Waals surface area contributed by atoms with Crippen molar-refractivity contribution >= 4 is 23.1 Å². The molecule has 0 aliphatic carbocycles. The van der Waals surface area contributed by atoms with E-state index in [1.165, 1.54) is 36.4 Å². The molecule has 0 unspecified atom stereocenters. The molecule has 0 fully saturated rings. The molecule has 9 nitrogen and oxygen atoms in total. The van der Waals surface area contributed by atoms with E-state index in [2.05, 4.69) is 0 Å². The first kappa shape index (κ1) is 25.5. The molecule has 0 aliphatic heterocycles. The van der Waals surface area contributed by atoms with Crippen LogP contribution in [0.25, 0.3) is 34.4 Å². The zero-order valence-electron chi connectivity index (χ0n) is 19.6. The van der Waals surface area contributed by atoms with Gasteiger partial charge in [-0.3, -0.25) is 4.79 Å². The van der Waals surface area contributed by atoms with E-state index in [1.54, 1.807) is 42.5 Å². The SMILES string of the molecule is O=c1c(O)c(-c2ccc(O)cc2)oc2cc(O)cc(O)c12.Oc1ccc(/C=C/c2cc(O)cc(O)c2)cc1. The highest BCUT2D eigenvalue weighted by Crippen LogP contribution is 2.35. The van der Waals surface area contributed by atoms with Gasteiger partial charge in [0, 0.05) is 23.8 Å². The van der Waals surface area contributed by atoms with E-state index in [0.29, 0.717) is 11.1 Å². The predicted octanol–water partition coefficient (Wildman–Crippen LogP) is 5.26. The Bertz CT molecular complexity index is 1660. The zero-order chi connectivity index (χ0) is 27.4. The van der Waals surface area contributed by atoms with Crippen LogP contribution in [0.5, 0.6) is 40.2 Å². The van der Waals surface area contributed by atoms with E-state index in [9.17, 15) is 35.4 Å². The summed E-state index contributed by atoms with van der Waals surface area (Å²) in [6.07, 6.45) is 3.60. The molecule has 0 aliphatic rings. The number of phenolic OH excluding ortho intramolecular Hbond substituents is 6. The first-order chi connectivity index (χ1) is 18.1. The second-order valence-corrected chi connectivity index (χ2v) is 8.20. The Balaban J connectivity index is 0.000000181. The molecule has 38 heavy (non-hydrogen) atoms. The smallest absolute Gasteiger partial charge is 0.238 e. The number of hydrogen-bond donors (Lipinski definition) is 7. The zero-order valence-corrected chi connectivity index (χ0v) is 19.6. The Labute approximate surface area is 215 Å². The highest BCUT2D eigenvalue weighted by Gasteiger charge is 2.18. The van der Waals surface area contributed by atoms with Crippen molar-refractivity contribution in [3.63, 3.8) is 0 Å². The fraction of sp³-hybridized carbons (Fsp3) is 0. The summed E-state index contributed by atoms with van der Waals surface area (Å²) in [4.78, 5) is 12.1. The first-order valence-electron chi connectivity index (χ1n) is 11.1. The van der Waals surface area contributed by atoms with Crippen LogP contribution in [-0.4, -0.2) is 35.7 Å². The molecule has 0 bridgehead atoms. The third-order valence-corrected chi connectivity index (χ3v) is 5.35. The van der Waals surface area contributed by atoms with Gasteiger partial charge in [0.25, 0.3) is 0 Å². The van der Waals surface area contributed by atoms with Crippen LogP contribution in [-0.2, 0) is 0 Å². The molecule has 0 saturated carbocycles. The lowest BCUT2D eigenvalue weighted by molar-refractivity contribution is 0.438. The van der Waals surface area contributed by atoms with Crippen molar-refractivity contribution in [1.82, 2.24) is 0 Å². The van der Waals surface area contributed by atoms with Crippen molar-refractivity contribution in [3.8, 4) is 51.6 Å². The van der Waals surface area contributed by atoms with E-state index in [-0.39, 0.29) is 45.5 Å². The lowest BCUT2D eigenvalue weighted by Crippen LogP contribution is -2.02. The standard InChI is InChI=1S/C15H10O6.C14H12O3/c16-8-3-1-7(2-4-8)15-14(20)13(19)12-10(18)5-9(17)6-11(12)21-15;15-12-5-3-10(4-6-12)1-2-11-7-13(16)9-14(17)8-11/h1-6,16-18,20H;1-9,15-17H/b;2-1+. The van der Waals surface area contributed by atoms with Crippen molar-refractivity contribution < 1.29 is 40.2 Å². The highest BCUT2D eigenvalue weighted by molar-refractivity contribution is 5.88. The van der Waals surface area contributed by atoms with Gasteiger partial charge in [0.15, 0.2) is 5.76 Å². The second-order valence-electron chi connectivity index (χ2n) is 8.20. The summed E-state index contributed by atoms with van der Waals surface area (Å²) >= 11 is 0. The summed E-state index contributed by atoms with van der Waals surface area (Å²) in [6, 6.07) is 18.9. The molecular weight excluding hydrogens is 492 g/mol. The summed E-state index contributed by atoms with van der Waals surface area (Å²) in [7, 11) is 0. The monoisotopic (exact) mass is 514 g/mol. The number of rotatable bonds is 3. The van der Waals surface area contributed by atoms with E-state index in [0.717, 1.165) is 11.6 Å². The van der Waals surface area contributed by atoms with Gasteiger partial charge in [-0.25, -0.2) is 0 Å². The Morgan fingerprint density at radius 3 is 1.68 bits per heavy atom. The van der Waals surface area contributed by atoms with Crippen LogP contribution in [0, 0.1) is 0 Å². The highest BCUT2D eigenvalue weighted by atomic mass is 16.4. The van der Waals surface area contributed by atoms with Crippen LogP contribution in [0.2, 0.25) is 0 Å². The molecule has 4 aromatic carbocycles. The van der Waals surface area contributed by atoms with Gasteiger partial charge in [-0.2, -0.15) is 0 Å². The Morgan fingerprint density at radius 1 is 0.553 bits per heavy atom. The summed E-state index contributed by atoms with van der Waals surface area (Å²) in [5.74, 6) is -1.23. The van der Waals surface area contributed by atoms with E-state index >= 15 is 0 Å². The Morgan fingerprint density at radius 2 is 1.08 bits per heavy atom. The minimum Gasteiger partial charge on any atom is -0.508 e. The lowest BCUT2D eigenvalue weighted by Gasteiger charge is -2.07. The van der Waals surface area contributed by atoms with Gasteiger partial charge in [-0.15, -0.1) is 0 Å². The minimum absolute atomic E-state index is 0.0235. The number of benzene rings is 4. The molecular formula is C29H22O9. The number of fused-ring (bicyclic) bond motifs is 1. The molecule has 0 spiro atoms. The van der Waals surface area contributed by atoms with Gasteiger partial charge >= 0.3 is 0 Å². The largest absolute Gasteiger partial charge is 0.508 e. The Hall–Kier alpha value is -5.57. The topological polar surface area (TPSA) is 172 Å². The van der Waals surface area contributed by atoms with Gasteiger partial charge in [0.05, 0.1) is 0 Å². The van der Waals surface area contributed by atoms with Crippen molar-refractivity contribution in [1.29, 1.82) is 0 Å². The molecule has 1 aromatic heterocycles. The number of aromatic hydroxyl groups is 7. The normalized spacial score (nSPS) is 10.8. The average molecular weight is 514 g/mol. The van der Waals surface area contributed by atoms with Crippen molar-refractivity contribution in [2.24, 2.45) is 0 Å². The number of hydrogen-bond acceptors (Lipinski definition) is 9. The van der Waals surface area contributed by atoms with Gasteiger partial charge in [0.1, 0.15) is 45.5 Å². The maximum absolute atomic E-state index is 12.1. The molecule has 0 radical (unpaired) electrons. The number of phenols is 6. The summed E-state index contributed by atoms with van der Waals surface area (Å²) < 4.78 is 5.41. The molecule has 9 heteroatoms. The third-order valence-electron chi connectivity index (χ3n) is 5.35. The molecule has 5 rings (SSSR count). The summed E-state index contributed by atoms with van der Waals surface area (Å²) in [5.41, 5.74) is 1.13. The van der Waals surface area contributed by atoms with Crippen LogP contribution in [0.1, 0.15) is 11.1 Å². The van der Waals surface area contributed by atoms with Gasteiger partial charge < -0.3 is 40.2 Å². The molecule has 5 aromatic rings. The minimum atomic E-state index is -0.808. The molecule has 7 N–H and O–H groups in total. The van der Waals surface area contributed by atoms with Gasteiger partial charge in [0.2, 0.25) is 11.2 Å². The van der Waals surface area contributed by atoms with Crippen molar-refractivity contribution in [3.05, 3.63) is 100 Å². The van der Waals surface area contributed by atoms with Gasteiger partial charge in [-0.05, 0) is 59.7 Å². The fourth-order valence-electron chi connectivity index (χ4n) is 3.58. The second kappa shape index (κ2) is 10.6. The Kier molecular flexibility index (Phi) is 7.11.